The molecule has 2 aromatic rings. The van der Waals surface area contributed by atoms with E-state index >= 15 is 0 Å². The van der Waals surface area contributed by atoms with Crippen molar-refractivity contribution in [1.29, 1.82) is 0 Å². The van der Waals surface area contributed by atoms with Gasteiger partial charge in [-0.25, -0.2) is 9.97 Å². The van der Waals surface area contributed by atoms with Crippen LogP contribution in [0.15, 0.2) is 24.5 Å². The number of nitrogens with zero attached hydrogens (tertiary/aromatic N) is 6. The number of likely N-dealkylation sites (tertiary alicyclic amines) is 3. The molecular formula is C31H41ClN6O3. The maximum absolute atomic E-state index is 13.6. The third-order valence-electron chi connectivity index (χ3n) is 8.93. The highest BCUT2D eigenvalue weighted by Gasteiger charge is 2.42. The van der Waals surface area contributed by atoms with E-state index in [4.69, 9.17) is 11.6 Å². The molecule has 0 aliphatic carbocycles. The Morgan fingerprint density at radius 3 is 2.22 bits per heavy atom. The minimum atomic E-state index is -0.173. The Bertz CT molecular complexity index is 1280. The highest BCUT2D eigenvalue weighted by Crippen LogP contribution is 2.33. The van der Waals surface area contributed by atoms with Crippen molar-refractivity contribution in [2.45, 2.75) is 47.0 Å². The Labute approximate surface area is 247 Å². The van der Waals surface area contributed by atoms with Crippen LogP contribution in [0.25, 0.3) is 0 Å². The molecular weight excluding hydrogens is 540 g/mol. The van der Waals surface area contributed by atoms with E-state index in [0.29, 0.717) is 48.5 Å². The van der Waals surface area contributed by atoms with Crippen LogP contribution >= 0.6 is 11.6 Å². The summed E-state index contributed by atoms with van der Waals surface area (Å²) in [5.41, 5.74) is 3.89. The lowest BCUT2D eigenvalue weighted by atomic mass is 9.97. The first-order chi connectivity index (χ1) is 19.7. The third kappa shape index (κ3) is 6.26. The zero-order valence-corrected chi connectivity index (χ0v) is 25.4. The highest BCUT2D eigenvalue weighted by atomic mass is 35.5. The fraction of sp³-hybridized carbons (Fsp3) is 0.581. The number of rotatable bonds is 9. The third-order valence-corrected chi connectivity index (χ3v) is 9.33. The van der Waals surface area contributed by atoms with Gasteiger partial charge in [0.1, 0.15) is 6.33 Å². The summed E-state index contributed by atoms with van der Waals surface area (Å²) < 4.78 is 0. The molecule has 4 heterocycles. The van der Waals surface area contributed by atoms with Crippen molar-refractivity contribution < 1.29 is 14.4 Å². The van der Waals surface area contributed by atoms with Crippen LogP contribution in [0.2, 0.25) is 5.02 Å². The number of fused-ring (bicyclic) bond motifs is 1. The molecule has 3 saturated heterocycles. The minimum absolute atomic E-state index is 0.0402. The summed E-state index contributed by atoms with van der Waals surface area (Å²) >= 11 is 6.44. The molecule has 3 aliphatic rings. The van der Waals surface area contributed by atoms with Crippen LogP contribution in [-0.2, 0) is 9.59 Å². The summed E-state index contributed by atoms with van der Waals surface area (Å²) in [6.07, 6.45) is 3.69. The zero-order chi connectivity index (χ0) is 29.3. The van der Waals surface area contributed by atoms with Gasteiger partial charge in [0.2, 0.25) is 11.8 Å². The van der Waals surface area contributed by atoms with Crippen molar-refractivity contribution in [3.05, 3.63) is 52.1 Å². The van der Waals surface area contributed by atoms with Gasteiger partial charge in [-0.3, -0.25) is 14.4 Å². The average Bonchev–Trinajstić information content (AvgIpc) is 3.46. The second kappa shape index (κ2) is 12.4. The molecule has 1 aromatic carbocycles. The summed E-state index contributed by atoms with van der Waals surface area (Å²) in [6.45, 7) is 13.6. The van der Waals surface area contributed by atoms with Crippen LogP contribution in [0.3, 0.4) is 0 Å². The quantitative estimate of drug-likeness (QED) is 0.449. The average molecular weight is 581 g/mol. The van der Waals surface area contributed by atoms with Crippen molar-refractivity contribution in [2.75, 3.05) is 57.3 Å². The van der Waals surface area contributed by atoms with E-state index in [9.17, 15) is 14.4 Å². The van der Waals surface area contributed by atoms with Crippen LogP contribution in [0, 0.1) is 38.5 Å². The lowest BCUT2D eigenvalue weighted by molar-refractivity contribution is -0.142. The van der Waals surface area contributed by atoms with Gasteiger partial charge in [0.25, 0.3) is 5.91 Å². The monoisotopic (exact) mass is 580 g/mol. The smallest absolute Gasteiger partial charge is 0.257 e. The van der Waals surface area contributed by atoms with E-state index in [1.54, 1.807) is 4.90 Å². The number of halogens is 1. The lowest BCUT2D eigenvalue weighted by Gasteiger charge is -2.41. The predicted octanol–water partition coefficient (Wildman–Crippen LogP) is 3.74. The Hall–Kier alpha value is -3.04. The van der Waals surface area contributed by atoms with Gasteiger partial charge in [-0.15, -0.1) is 0 Å². The topological polar surface area (TPSA) is 90.0 Å². The number of amides is 3. The number of aromatic nitrogens is 2. The first kappa shape index (κ1) is 29.5. The minimum Gasteiger partial charge on any atom is -0.341 e. The highest BCUT2D eigenvalue weighted by molar-refractivity contribution is 6.31. The number of hydrogen-bond donors (Lipinski definition) is 0. The molecule has 5 rings (SSSR count). The number of hydrogen-bond acceptors (Lipinski definition) is 6. The molecule has 0 saturated carbocycles. The zero-order valence-electron chi connectivity index (χ0n) is 24.6. The van der Waals surface area contributed by atoms with E-state index in [2.05, 4.69) is 14.9 Å². The number of anilines is 1. The van der Waals surface area contributed by atoms with E-state index in [1.807, 2.05) is 55.7 Å². The van der Waals surface area contributed by atoms with Gasteiger partial charge < -0.3 is 19.6 Å². The van der Waals surface area contributed by atoms with E-state index in [1.165, 1.54) is 6.33 Å². The molecule has 10 heteroatoms. The van der Waals surface area contributed by atoms with Gasteiger partial charge in [0.05, 0.1) is 22.9 Å². The van der Waals surface area contributed by atoms with Gasteiger partial charge in [-0.2, -0.15) is 0 Å². The molecule has 2 unspecified atom stereocenters. The summed E-state index contributed by atoms with van der Waals surface area (Å²) in [5.74, 6) is 0.974. The summed E-state index contributed by atoms with van der Waals surface area (Å²) in [4.78, 5) is 55.6. The fourth-order valence-corrected chi connectivity index (χ4v) is 6.67. The molecule has 0 radical (unpaired) electrons. The summed E-state index contributed by atoms with van der Waals surface area (Å²) in [7, 11) is 0. The van der Waals surface area contributed by atoms with E-state index in [0.717, 1.165) is 68.2 Å². The van der Waals surface area contributed by atoms with Gasteiger partial charge in [-0.1, -0.05) is 24.6 Å². The number of carbonyl (C=O) groups is 3. The van der Waals surface area contributed by atoms with Crippen molar-refractivity contribution in [1.82, 2.24) is 24.7 Å². The largest absolute Gasteiger partial charge is 0.341 e. The summed E-state index contributed by atoms with van der Waals surface area (Å²) in [6, 6.07) is 5.79. The number of aryl methyl sites for hydroxylation is 3. The molecule has 220 valence electrons. The van der Waals surface area contributed by atoms with Gasteiger partial charge in [0, 0.05) is 62.9 Å². The standard InChI is InChI=1S/C31H41ClN6O3/c1-5-7-28(39)36-17-25(18-36)30(40)38(26-9-8-20(2)27(32)12-26)11-6-10-35-13-23-15-37(16-24(23)14-35)31(41)29-21(3)33-19-34-22(29)4/h8-9,12,19,23-25H,5-7,10-11,13-18H2,1-4H3. The Kier molecular flexibility index (Phi) is 8.94. The molecule has 9 nitrogen and oxygen atoms in total. The molecule has 2 atom stereocenters. The maximum atomic E-state index is 13.6. The first-order valence-corrected chi connectivity index (χ1v) is 15.2. The molecule has 3 amide bonds. The maximum Gasteiger partial charge on any atom is 0.257 e. The normalized spacial score (nSPS) is 20.7. The van der Waals surface area contributed by atoms with Crippen LogP contribution in [0.5, 0.6) is 0 Å². The molecule has 0 spiro atoms. The Morgan fingerprint density at radius 1 is 0.951 bits per heavy atom. The molecule has 3 fully saturated rings. The molecule has 3 aliphatic heterocycles. The van der Waals surface area contributed by atoms with Crippen molar-refractivity contribution in [2.24, 2.45) is 17.8 Å². The molecule has 1 aromatic heterocycles. The molecule has 41 heavy (non-hydrogen) atoms. The second-order valence-corrected chi connectivity index (χ2v) is 12.3. The van der Waals surface area contributed by atoms with Crippen LogP contribution in [-0.4, -0.2) is 94.7 Å². The lowest BCUT2D eigenvalue weighted by Crippen LogP contribution is -2.56. The number of carbonyl (C=O) groups excluding carboxylic acids is 3. The SMILES string of the molecule is CCCC(=O)N1CC(C(=O)N(CCCN2CC3CN(C(=O)c4c(C)ncnc4C)CC3C2)c2ccc(C)c(Cl)c2)C1. The fourth-order valence-electron chi connectivity index (χ4n) is 6.50. The van der Waals surface area contributed by atoms with Crippen LogP contribution in [0.1, 0.15) is 53.5 Å². The molecule has 0 N–H and O–H groups in total. The van der Waals surface area contributed by atoms with Crippen LogP contribution in [0.4, 0.5) is 5.69 Å². The molecule has 0 bridgehead atoms. The van der Waals surface area contributed by atoms with E-state index in [-0.39, 0.29) is 23.6 Å². The van der Waals surface area contributed by atoms with Gasteiger partial charge in [0.15, 0.2) is 0 Å². The van der Waals surface area contributed by atoms with Crippen LogP contribution < -0.4 is 4.90 Å². The van der Waals surface area contributed by atoms with Gasteiger partial charge in [-0.05, 0) is 69.7 Å². The second-order valence-electron chi connectivity index (χ2n) is 11.9. The van der Waals surface area contributed by atoms with Crippen molar-refractivity contribution in [3.63, 3.8) is 0 Å². The van der Waals surface area contributed by atoms with Crippen molar-refractivity contribution >= 4 is 35.0 Å². The Morgan fingerprint density at radius 2 is 1.61 bits per heavy atom. The Balaban J connectivity index is 1.16. The number of benzene rings is 1. The van der Waals surface area contributed by atoms with Crippen molar-refractivity contribution in [3.8, 4) is 0 Å². The van der Waals surface area contributed by atoms with Gasteiger partial charge >= 0.3 is 0 Å². The van der Waals surface area contributed by atoms with E-state index < -0.39 is 0 Å². The first-order valence-electron chi connectivity index (χ1n) is 14.8. The predicted molar refractivity (Wildman–Crippen MR) is 159 cm³/mol. The summed E-state index contributed by atoms with van der Waals surface area (Å²) in [5, 5.41) is 0.646.